The van der Waals surface area contributed by atoms with Gasteiger partial charge in [0.2, 0.25) is 0 Å². The highest BCUT2D eigenvalue weighted by atomic mass is 16.5. The lowest BCUT2D eigenvalue weighted by molar-refractivity contribution is -0.148. The molecule has 6 nitrogen and oxygen atoms in total. The Morgan fingerprint density at radius 3 is 2.62 bits per heavy atom. The van der Waals surface area contributed by atoms with E-state index in [-0.39, 0.29) is 30.0 Å². The number of fused-ring (bicyclic) bond motifs is 5. The Hall–Kier alpha value is -2.89. The first-order valence-electron chi connectivity index (χ1n) is 10.2. The SMILES string of the molecule is CCC1C(=O)OCc2c1c(C(=O)OC)c1n(c2=O)CC2Cc3ccccc3CC12. The van der Waals surface area contributed by atoms with Crippen molar-refractivity contribution in [1.29, 1.82) is 0 Å². The second-order valence-electron chi connectivity index (χ2n) is 8.17. The molecule has 0 bridgehead atoms. The molecule has 29 heavy (non-hydrogen) atoms. The van der Waals surface area contributed by atoms with Crippen molar-refractivity contribution in [2.24, 2.45) is 5.92 Å². The molecule has 6 heteroatoms. The lowest BCUT2D eigenvalue weighted by Crippen LogP contribution is -2.36. The maximum atomic E-state index is 13.4. The van der Waals surface area contributed by atoms with Gasteiger partial charge < -0.3 is 14.0 Å². The minimum Gasteiger partial charge on any atom is -0.465 e. The second-order valence-corrected chi connectivity index (χ2v) is 8.17. The number of nitrogens with zero attached hydrogens (tertiary/aromatic N) is 1. The van der Waals surface area contributed by atoms with Crippen LogP contribution in [0.5, 0.6) is 0 Å². The minimum absolute atomic E-state index is 0.0625. The van der Waals surface area contributed by atoms with Crippen molar-refractivity contribution in [3.05, 3.63) is 68.1 Å². The normalized spacial score (nSPS) is 24.1. The van der Waals surface area contributed by atoms with Crippen LogP contribution in [0.1, 0.15) is 63.5 Å². The van der Waals surface area contributed by atoms with E-state index in [1.807, 2.05) is 19.1 Å². The van der Waals surface area contributed by atoms with E-state index in [9.17, 15) is 14.4 Å². The van der Waals surface area contributed by atoms with E-state index in [0.717, 1.165) is 18.5 Å². The number of carbonyl (C=O) groups is 2. The fourth-order valence-corrected chi connectivity index (χ4v) is 5.48. The Bertz CT molecular complexity index is 1100. The molecule has 0 saturated heterocycles. The summed E-state index contributed by atoms with van der Waals surface area (Å²) < 4.78 is 12.2. The summed E-state index contributed by atoms with van der Waals surface area (Å²) >= 11 is 0. The highest BCUT2D eigenvalue weighted by molar-refractivity contribution is 5.96. The fraction of sp³-hybridized carbons (Fsp3) is 0.435. The van der Waals surface area contributed by atoms with Gasteiger partial charge in [-0.3, -0.25) is 9.59 Å². The van der Waals surface area contributed by atoms with E-state index in [1.165, 1.54) is 18.2 Å². The van der Waals surface area contributed by atoms with Crippen LogP contribution in [0, 0.1) is 5.92 Å². The van der Waals surface area contributed by atoms with Gasteiger partial charge in [0.1, 0.15) is 6.61 Å². The maximum Gasteiger partial charge on any atom is 0.339 e. The maximum absolute atomic E-state index is 13.4. The van der Waals surface area contributed by atoms with Crippen LogP contribution in [0.15, 0.2) is 29.1 Å². The molecule has 1 aromatic heterocycles. The molecule has 5 rings (SSSR count). The van der Waals surface area contributed by atoms with Gasteiger partial charge in [0, 0.05) is 18.2 Å². The molecular formula is C23H23NO5. The molecule has 3 unspecified atom stereocenters. The smallest absolute Gasteiger partial charge is 0.339 e. The predicted octanol–water partition coefficient (Wildman–Crippen LogP) is 2.70. The quantitative estimate of drug-likeness (QED) is 0.734. The predicted molar refractivity (Wildman–Crippen MR) is 105 cm³/mol. The molecule has 0 amide bonds. The summed E-state index contributed by atoms with van der Waals surface area (Å²) in [7, 11) is 1.35. The van der Waals surface area contributed by atoms with Gasteiger partial charge in [-0.2, -0.15) is 0 Å². The van der Waals surface area contributed by atoms with E-state index in [2.05, 4.69) is 12.1 Å². The van der Waals surface area contributed by atoms with E-state index >= 15 is 0 Å². The van der Waals surface area contributed by atoms with Gasteiger partial charge in [-0.25, -0.2) is 4.79 Å². The van der Waals surface area contributed by atoms with Crippen molar-refractivity contribution in [3.8, 4) is 0 Å². The van der Waals surface area contributed by atoms with Gasteiger partial charge >= 0.3 is 11.9 Å². The van der Waals surface area contributed by atoms with Crippen LogP contribution in [0.2, 0.25) is 0 Å². The molecule has 1 aliphatic carbocycles. The van der Waals surface area contributed by atoms with Gasteiger partial charge in [-0.05, 0) is 41.9 Å². The lowest BCUT2D eigenvalue weighted by Gasteiger charge is -2.30. The van der Waals surface area contributed by atoms with Crippen molar-refractivity contribution >= 4 is 11.9 Å². The fourth-order valence-electron chi connectivity index (χ4n) is 5.48. The van der Waals surface area contributed by atoms with Crippen LogP contribution >= 0.6 is 0 Å². The molecule has 3 atom stereocenters. The largest absolute Gasteiger partial charge is 0.465 e. The summed E-state index contributed by atoms with van der Waals surface area (Å²) in [5.41, 5.74) is 4.56. The molecule has 0 spiro atoms. The average Bonchev–Trinajstić information content (AvgIpc) is 3.10. The van der Waals surface area contributed by atoms with Gasteiger partial charge in [-0.1, -0.05) is 31.2 Å². The van der Waals surface area contributed by atoms with Crippen LogP contribution in [0.3, 0.4) is 0 Å². The summed E-state index contributed by atoms with van der Waals surface area (Å²) in [6, 6.07) is 8.33. The first-order chi connectivity index (χ1) is 14.0. The molecule has 150 valence electrons. The van der Waals surface area contributed by atoms with Crippen molar-refractivity contribution in [2.45, 2.75) is 51.2 Å². The zero-order chi connectivity index (χ0) is 20.3. The number of ether oxygens (including phenoxy) is 2. The third-order valence-electron chi connectivity index (χ3n) is 6.81. The van der Waals surface area contributed by atoms with Gasteiger partial charge in [0.05, 0.1) is 24.2 Å². The summed E-state index contributed by atoms with van der Waals surface area (Å²) in [6.45, 7) is 2.37. The Kier molecular flexibility index (Phi) is 4.12. The number of methoxy groups -OCH3 is 1. The molecule has 3 heterocycles. The molecule has 0 saturated carbocycles. The molecular weight excluding hydrogens is 370 g/mol. The van der Waals surface area contributed by atoms with Gasteiger partial charge in [0.15, 0.2) is 0 Å². The molecule has 0 N–H and O–H groups in total. The first kappa shape index (κ1) is 18.2. The zero-order valence-electron chi connectivity index (χ0n) is 16.6. The highest BCUT2D eigenvalue weighted by Gasteiger charge is 2.45. The van der Waals surface area contributed by atoms with Crippen LogP contribution in [-0.2, 0) is 40.3 Å². The lowest BCUT2D eigenvalue weighted by atomic mass is 9.74. The third-order valence-corrected chi connectivity index (χ3v) is 6.81. The number of rotatable bonds is 2. The monoisotopic (exact) mass is 393 g/mol. The Labute approximate surface area is 168 Å². The average molecular weight is 393 g/mol. The van der Waals surface area contributed by atoms with Crippen molar-refractivity contribution in [2.75, 3.05) is 7.11 Å². The van der Waals surface area contributed by atoms with E-state index in [1.54, 1.807) is 4.57 Å². The molecule has 2 aromatic rings. The zero-order valence-corrected chi connectivity index (χ0v) is 16.6. The number of hydrogen-bond acceptors (Lipinski definition) is 5. The number of aromatic nitrogens is 1. The van der Waals surface area contributed by atoms with Gasteiger partial charge in [-0.15, -0.1) is 0 Å². The molecule has 0 fully saturated rings. The minimum atomic E-state index is -0.610. The van der Waals surface area contributed by atoms with Crippen LogP contribution in [-0.4, -0.2) is 23.6 Å². The summed E-state index contributed by atoms with van der Waals surface area (Å²) in [5, 5.41) is 0. The summed E-state index contributed by atoms with van der Waals surface area (Å²) in [6.07, 6.45) is 2.12. The van der Waals surface area contributed by atoms with E-state index < -0.39 is 11.9 Å². The Morgan fingerprint density at radius 2 is 1.93 bits per heavy atom. The van der Waals surface area contributed by atoms with Crippen molar-refractivity contribution < 1.29 is 19.1 Å². The molecule has 1 aromatic carbocycles. The topological polar surface area (TPSA) is 74.6 Å². The third kappa shape index (κ3) is 2.51. The van der Waals surface area contributed by atoms with Crippen molar-refractivity contribution in [3.63, 3.8) is 0 Å². The van der Waals surface area contributed by atoms with Crippen LogP contribution in [0.25, 0.3) is 0 Å². The number of carbonyl (C=O) groups excluding carboxylic acids is 2. The second kappa shape index (κ2) is 6.58. The van der Waals surface area contributed by atoms with E-state index in [0.29, 0.717) is 29.7 Å². The number of cyclic esters (lactones) is 1. The van der Waals surface area contributed by atoms with E-state index in [4.69, 9.17) is 9.47 Å². The summed E-state index contributed by atoms with van der Waals surface area (Å²) in [4.78, 5) is 38.8. The van der Waals surface area contributed by atoms with Crippen molar-refractivity contribution in [1.82, 2.24) is 4.57 Å². The number of benzene rings is 1. The molecule has 2 aliphatic heterocycles. The standard InChI is InChI=1S/C23H23NO5/c1-3-15-18-17(11-29-22(15)26)21(25)24-10-14-8-12-6-4-5-7-13(12)9-16(14)20(24)19(18)23(27)28-2/h4-7,14-16H,3,8-11H2,1-2H3. The van der Waals surface area contributed by atoms with Crippen LogP contribution < -0.4 is 5.56 Å². The number of esters is 2. The number of pyridine rings is 1. The van der Waals surface area contributed by atoms with Crippen LogP contribution in [0.4, 0.5) is 0 Å². The Balaban J connectivity index is 1.77. The first-order valence-corrected chi connectivity index (χ1v) is 10.2. The van der Waals surface area contributed by atoms with Gasteiger partial charge in [0.25, 0.3) is 5.56 Å². The Morgan fingerprint density at radius 1 is 1.21 bits per heavy atom. The summed E-state index contributed by atoms with van der Waals surface area (Å²) in [5.74, 6) is -1.15. The number of hydrogen-bond donors (Lipinski definition) is 0. The molecule has 3 aliphatic rings. The highest BCUT2D eigenvalue weighted by Crippen LogP contribution is 2.46. The molecule has 0 radical (unpaired) electrons.